The molecule has 392 valence electrons. The number of aliphatic hydroxyl groups excluding tert-OH is 6. The highest BCUT2D eigenvalue weighted by Crippen LogP contribution is 2.76. The van der Waals surface area contributed by atoms with Crippen molar-refractivity contribution in [2.75, 3.05) is 13.2 Å². The second-order valence-electron chi connectivity index (χ2n) is 24.0. The molecule has 0 radical (unpaired) electrons. The van der Waals surface area contributed by atoms with E-state index in [-0.39, 0.29) is 52.6 Å². The van der Waals surface area contributed by atoms with Gasteiger partial charge >= 0.3 is 17.9 Å². The summed E-state index contributed by atoms with van der Waals surface area (Å²) in [7, 11) is 0. The molecule has 0 spiro atoms. The Morgan fingerprint density at radius 2 is 1.32 bits per heavy atom. The quantitative estimate of drug-likeness (QED) is 0.0938. The third-order valence-corrected chi connectivity index (χ3v) is 19.6. The predicted molar refractivity (Wildman–Crippen MR) is 242 cm³/mol. The van der Waals surface area contributed by atoms with E-state index in [1.165, 1.54) is 12.5 Å². The molecule has 8 rings (SSSR count). The standard InChI is InChI=1S/C51H80O18/c1-24-34(55)37(58)41(69-42-38(59)39(35(56)25(2)63-42)68-43-40(66-27(4)54)36(57)30(22-62-43)65-26(3)53)44(64-24)67-33-14-15-47(7)31(48(33,8)23-52)13-16-50(10)32(47)12-11-28-29-21-46(5,6)17-19-51(29,45(60)61)20-18-49(28,50)9/h11,24-25,29-44,52,55-59H,12-23H2,1-10H3,(H,60,61)/t24-,25-,29-,30+,31+,32+,33-,34-,35-,36-,37+,38+,39+,40+,41+,42-,43-,44-,47-,48-,49+,50+,51-/m0/s1. The lowest BCUT2D eigenvalue weighted by atomic mass is 9.33. The highest BCUT2D eigenvalue weighted by atomic mass is 16.8. The average molecular weight is 981 g/mol. The van der Waals surface area contributed by atoms with Crippen LogP contribution in [0.4, 0.5) is 0 Å². The van der Waals surface area contributed by atoms with Crippen LogP contribution in [0.2, 0.25) is 0 Å². The molecule has 18 heteroatoms. The van der Waals surface area contributed by atoms with Crippen LogP contribution in [0.3, 0.4) is 0 Å². The molecule has 0 amide bonds. The summed E-state index contributed by atoms with van der Waals surface area (Å²) in [6, 6.07) is 0. The van der Waals surface area contributed by atoms with Crippen molar-refractivity contribution in [2.24, 2.45) is 50.2 Å². The van der Waals surface area contributed by atoms with Crippen LogP contribution in [-0.2, 0) is 52.3 Å². The Morgan fingerprint density at radius 3 is 1.97 bits per heavy atom. The van der Waals surface area contributed by atoms with E-state index in [0.717, 1.165) is 58.8 Å². The van der Waals surface area contributed by atoms with Gasteiger partial charge in [0.25, 0.3) is 0 Å². The summed E-state index contributed by atoms with van der Waals surface area (Å²) >= 11 is 0. The highest BCUT2D eigenvalue weighted by Gasteiger charge is 2.70. The van der Waals surface area contributed by atoms with Crippen molar-refractivity contribution in [1.82, 2.24) is 0 Å². The van der Waals surface area contributed by atoms with Crippen LogP contribution in [0.25, 0.3) is 0 Å². The summed E-state index contributed by atoms with van der Waals surface area (Å²) < 4.78 is 47.6. The van der Waals surface area contributed by atoms with Crippen LogP contribution >= 0.6 is 0 Å². The number of aliphatic carboxylic acids is 1. The first kappa shape index (κ1) is 53.0. The number of allylic oxidation sites excluding steroid dienone is 2. The zero-order valence-corrected chi connectivity index (χ0v) is 42.1. The van der Waals surface area contributed by atoms with Crippen molar-refractivity contribution in [1.29, 1.82) is 0 Å². The van der Waals surface area contributed by atoms with Crippen LogP contribution in [-0.4, -0.2) is 159 Å². The topological polar surface area (TPSA) is 267 Å². The smallest absolute Gasteiger partial charge is 0.310 e. The van der Waals surface area contributed by atoms with Gasteiger partial charge in [-0.3, -0.25) is 14.4 Å². The number of carbonyl (C=O) groups is 3. The Labute approximate surface area is 405 Å². The molecule has 23 atom stereocenters. The van der Waals surface area contributed by atoms with E-state index in [2.05, 4.69) is 40.7 Å². The van der Waals surface area contributed by atoms with Gasteiger partial charge < -0.3 is 73.6 Å². The zero-order valence-electron chi connectivity index (χ0n) is 42.1. The number of esters is 2. The van der Waals surface area contributed by atoms with E-state index in [9.17, 15) is 50.1 Å². The molecule has 18 nitrogen and oxygen atoms in total. The first-order valence-corrected chi connectivity index (χ1v) is 25.4. The average Bonchev–Trinajstić information content (AvgIpc) is 3.27. The Morgan fingerprint density at radius 1 is 0.681 bits per heavy atom. The molecular formula is C51H80O18. The monoisotopic (exact) mass is 981 g/mol. The van der Waals surface area contributed by atoms with Crippen LogP contribution in [0.5, 0.6) is 0 Å². The zero-order chi connectivity index (χ0) is 50.6. The molecule has 8 aliphatic rings. The third-order valence-electron chi connectivity index (χ3n) is 19.6. The van der Waals surface area contributed by atoms with Crippen LogP contribution in [0.1, 0.15) is 133 Å². The van der Waals surface area contributed by atoms with E-state index in [1.54, 1.807) is 6.92 Å². The fourth-order valence-electron chi connectivity index (χ4n) is 15.4. The molecule has 69 heavy (non-hydrogen) atoms. The summed E-state index contributed by atoms with van der Waals surface area (Å²) in [5, 5.41) is 79.3. The van der Waals surface area contributed by atoms with Crippen molar-refractivity contribution >= 4 is 17.9 Å². The minimum Gasteiger partial charge on any atom is -0.481 e. The lowest BCUT2D eigenvalue weighted by Gasteiger charge is -2.71. The molecule has 7 N–H and O–H groups in total. The molecule has 0 aromatic carbocycles. The van der Waals surface area contributed by atoms with Gasteiger partial charge in [0.1, 0.15) is 42.7 Å². The number of fused-ring (bicyclic) bond motifs is 7. The number of hydrogen-bond donors (Lipinski definition) is 7. The summed E-state index contributed by atoms with van der Waals surface area (Å²) in [6.45, 7) is 18.6. The minimum absolute atomic E-state index is 0.000893. The maximum atomic E-state index is 13.2. The molecule has 3 saturated heterocycles. The summed E-state index contributed by atoms with van der Waals surface area (Å²) in [4.78, 5) is 37.0. The summed E-state index contributed by atoms with van der Waals surface area (Å²) in [5.74, 6) is -1.95. The van der Waals surface area contributed by atoms with Crippen LogP contribution in [0, 0.1) is 50.2 Å². The minimum atomic E-state index is -1.80. The fraction of sp³-hybridized carbons (Fsp3) is 0.902. The van der Waals surface area contributed by atoms with Crippen molar-refractivity contribution in [3.05, 3.63) is 11.6 Å². The Hall–Kier alpha value is -2.33. The van der Waals surface area contributed by atoms with Gasteiger partial charge in [0.2, 0.25) is 0 Å². The first-order chi connectivity index (χ1) is 32.2. The predicted octanol–water partition coefficient (Wildman–Crippen LogP) is 3.51. The van der Waals surface area contributed by atoms with E-state index >= 15 is 0 Å². The van der Waals surface area contributed by atoms with Crippen molar-refractivity contribution < 1.29 is 88.0 Å². The first-order valence-electron chi connectivity index (χ1n) is 25.4. The van der Waals surface area contributed by atoms with Gasteiger partial charge in [-0.15, -0.1) is 0 Å². The van der Waals surface area contributed by atoms with Crippen molar-refractivity contribution in [3.8, 4) is 0 Å². The molecule has 3 aliphatic heterocycles. The number of ether oxygens (including phenoxy) is 8. The molecule has 0 bridgehead atoms. The summed E-state index contributed by atoms with van der Waals surface area (Å²) in [6.07, 6.45) is -10.6. The van der Waals surface area contributed by atoms with Crippen LogP contribution < -0.4 is 0 Å². The molecule has 0 unspecified atom stereocenters. The normalized spacial score (nSPS) is 51.6. The lowest BCUT2D eigenvalue weighted by molar-refractivity contribution is -0.385. The number of hydrogen-bond acceptors (Lipinski definition) is 17. The van der Waals surface area contributed by atoms with Crippen LogP contribution in [0.15, 0.2) is 11.6 Å². The molecule has 0 aromatic rings. The third kappa shape index (κ3) is 8.73. The lowest BCUT2D eigenvalue weighted by Crippen LogP contribution is -2.67. The van der Waals surface area contributed by atoms with Gasteiger partial charge in [-0.1, -0.05) is 53.2 Å². The molecule has 0 aromatic heterocycles. The molecule has 7 fully saturated rings. The van der Waals surface area contributed by atoms with E-state index < -0.39 is 121 Å². The van der Waals surface area contributed by atoms with E-state index in [4.69, 9.17) is 37.9 Å². The van der Waals surface area contributed by atoms with Gasteiger partial charge in [0, 0.05) is 19.3 Å². The Kier molecular flexibility index (Phi) is 14.5. The van der Waals surface area contributed by atoms with Gasteiger partial charge in [-0.25, -0.2) is 0 Å². The van der Waals surface area contributed by atoms with E-state index in [0.29, 0.717) is 19.3 Å². The number of rotatable bonds is 10. The highest BCUT2D eigenvalue weighted by molar-refractivity contribution is 5.76. The van der Waals surface area contributed by atoms with E-state index in [1.807, 2.05) is 6.92 Å². The fourth-order valence-corrected chi connectivity index (χ4v) is 15.4. The van der Waals surface area contributed by atoms with Gasteiger partial charge in [0.05, 0.1) is 36.9 Å². The van der Waals surface area contributed by atoms with Gasteiger partial charge in [-0.2, -0.15) is 0 Å². The molecule has 4 saturated carbocycles. The molecular weight excluding hydrogens is 901 g/mol. The van der Waals surface area contributed by atoms with Gasteiger partial charge in [-0.05, 0) is 117 Å². The number of aliphatic hydroxyl groups is 6. The second-order valence-corrected chi connectivity index (χ2v) is 24.0. The maximum Gasteiger partial charge on any atom is 0.310 e. The van der Waals surface area contributed by atoms with Gasteiger partial charge in [0.15, 0.2) is 31.1 Å². The number of carboxylic acid groups (broad SMARTS) is 1. The van der Waals surface area contributed by atoms with Crippen molar-refractivity contribution in [3.63, 3.8) is 0 Å². The Bertz CT molecular complexity index is 1960. The number of carboxylic acids is 1. The largest absolute Gasteiger partial charge is 0.481 e. The Balaban J connectivity index is 1.02. The number of carbonyl (C=O) groups excluding carboxylic acids is 2. The SMILES string of the molecule is CC(=O)O[C@H]1[C@H](O[C@@H]2[C@@H](O)[C@H](C)O[C@@H](O[C@H]3[C@H](O[C@H]4CC[C@@]5(C)[C@@H](CC[C@]6(C)[C@@H]5CC=C5[C@@H]7CC(C)(C)CC[C@]7(C(=O)O)CC[C@]56C)[C@]4(C)CO)O[C@@H](C)[C@H](O)[C@H]3O)[C@@H]2O)OC[C@@H](OC(C)=O)[C@@H]1O. The molecule has 5 aliphatic carbocycles. The second kappa shape index (κ2) is 18.9. The molecule has 3 heterocycles. The maximum absolute atomic E-state index is 13.2. The summed E-state index contributed by atoms with van der Waals surface area (Å²) in [5.41, 5.74) is -0.678. The van der Waals surface area contributed by atoms with Crippen molar-refractivity contribution in [2.45, 2.75) is 226 Å².